The van der Waals surface area contributed by atoms with E-state index in [1.54, 1.807) is 35.6 Å². The van der Waals surface area contributed by atoms with Crippen LogP contribution >= 0.6 is 22.7 Å². The van der Waals surface area contributed by atoms with Crippen molar-refractivity contribution in [3.63, 3.8) is 0 Å². The van der Waals surface area contributed by atoms with Gasteiger partial charge in [0.25, 0.3) is 5.91 Å². The Labute approximate surface area is 164 Å². The first-order valence-electron chi connectivity index (χ1n) is 8.17. The number of nitrogens with zero attached hydrogens (tertiary/aromatic N) is 1. The Hall–Kier alpha value is -2.71. The van der Waals surface area contributed by atoms with Gasteiger partial charge >= 0.3 is 5.97 Å². The maximum absolute atomic E-state index is 12.3. The fourth-order valence-electron chi connectivity index (χ4n) is 2.33. The van der Waals surface area contributed by atoms with Crippen LogP contribution in [0, 0.1) is 0 Å². The predicted molar refractivity (Wildman–Crippen MR) is 106 cm³/mol. The molecule has 1 amide bonds. The van der Waals surface area contributed by atoms with E-state index in [9.17, 15) is 9.59 Å². The lowest BCUT2D eigenvalue weighted by atomic mass is 10.2. The third kappa shape index (κ3) is 4.93. The van der Waals surface area contributed by atoms with Gasteiger partial charge in [-0.2, -0.15) is 11.3 Å². The standard InChI is InChI=1S/C19H18N2O4S2/c1-12(18(23)21-15-5-3-4-6-16(15)24-2)25-17(22)9-14-11-27-19(20-14)13-7-8-26-10-13/h3-8,10-12H,9H2,1-2H3,(H,21,23)/t12-/m0/s1. The number of rotatable bonds is 7. The van der Waals surface area contributed by atoms with Crippen LogP contribution in [0.4, 0.5) is 5.69 Å². The summed E-state index contributed by atoms with van der Waals surface area (Å²) in [7, 11) is 1.52. The van der Waals surface area contributed by atoms with Crippen LogP contribution in [0.1, 0.15) is 12.6 Å². The van der Waals surface area contributed by atoms with Gasteiger partial charge in [0.15, 0.2) is 6.10 Å². The highest BCUT2D eigenvalue weighted by atomic mass is 32.1. The maximum Gasteiger partial charge on any atom is 0.312 e. The van der Waals surface area contributed by atoms with Crippen LogP contribution in [-0.2, 0) is 20.7 Å². The first-order chi connectivity index (χ1) is 13.1. The molecule has 1 aromatic carbocycles. The van der Waals surface area contributed by atoms with E-state index in [0.29, 0.717) is 17.1 Å². The summed E-state index contributed by atoms with van der Waals surface area (Å²) in [6.07, 6.45) is -0.912. The third-order valence-electron chi connectivity index (χ3n) is 3.69. The monoisotopic (exact) mass is 402 g/mol. The molecule has 0 unspecified atom stereocenters. The molecule has 8 heteroatoms. The van der Waals surface area contributed by atoms with Crippen molar-refractivity contribution >= 4 is 40.2 Å². The van der Waals surface area contributed by atoms with Gasteiger partial charge in [-0.25, -0.2) is 4.98 Å². The first-order valence-corrected chi connectivity index (χ1v) is 9.99. The van der Waals surface area contributed by atoms with Gasteiger partial charge in [0.2, 0.25) is 0 Å². The minimum absolute atomic E-state index is 0.0207. The van der Waals surface area contributed by atoms with Crippen LogP contribution in [-0.4, -0.2) is 30.1 Å². The molecule has 0 aliphatic carbocycles. The van der Waals surface area contributed by atoms with Gasteiger partial charge in [0, 0.05) is 16.3 Å². The molecule has 3 rings (SSSR count). The van der Waals surface area contributed by atoms with Crippen LogP contribution in [0.3, 0.4) is 0 Å². The number of aromatic nitrogens is 1. The van der Waals surface area contributed by atoms with E-state index in [0.717, 1.165) is 10.6 Å². The number of ether oxygens (including phenoxy) is 2. The molecule has 0 aliphatic heterocycles. The second-order valence-corrected chi connectivity index (χ2v) is 7.29. The van der Waals surface area contributed by atoms with E-state index < -0.39 is 18.0 Å². The molecule has 140 valence electrons. The summed E-state index contributed by atoms with van der Waals surface area (Å²) in [5, 5.41) is 9.37. The quantitative estimate of drug-likeness (QED) is 0.605. The summed E-state index contributed by atoms with van der Waals surface area (Å²) in [5.41, 5.74) is 2.19. The van der Waals surface area contributed by atoms with Gasteiger partial charge in [0.1, 0.15) is 10.8 Å². The Balaban J connectivity index is 1.55. The van der Waals surface area contributed by atoms with Crippen molar-refractivity contribution in [3.05, 3.63) is 52.2 Å². The summed E-state index contributed by atoms with van der Waals surface area (Å²) < 4.78 is 10.4. The fraction of sp³-hybridized carbons (Fsp3) is 0.211. The average molecular weight is 402 g/mol. The number of esters is 1. The number of benzene rings is 1. The highest BCUT2D eigenvalue weighted by molar-refractivity contribution is 7.14. The molecular formula is C19H18N2O4S2. The number of methoxy groups -OCH3 is 1. The lowest BCUT2D eigenvalue weighted by Gasteiger charge is -2.14. The molecule has 0 fully saturated rings. The van der Waals surface area contributed by atoms with Gasteiger partial charge in [-0.3, -0.25) is 9.59 Å². The molecule has 0 aliphatic rings. The predicted octanol–water partition coefficient (Wildman–Crippen LogP) is 3.99. The van der Waals surface area contributed by atoms with E-state index in [2.05, 4.69) is 10.3 Å². The molecule has 2 heterocycles. The number of hydrogen-bond donors (Lipinski definition) is 1. The summed E-state index contributed by atoms with van der Waals surface area (Å²) in [6.45, 7) is 1.53. The zero-order valence-corrected chi connectivity index (χ0v) is 16.4. The van der Waals surface area contributed by atoms with Crippen molar-refractivity contribution in [1.29, 1.82) is 0 Å². The molecule has 0 bridgehead atoms. The molecule has 1 atom stereocenters. The lowest BCUT2D eigenvalue weighted by Crippen LogP contribution is -2.30. The number of para-hydroxylation sites is 2. The largest absolute Gasteiger partial charge is 0.495 e. The van der Waals surface area contributed by atoms with Crippen LogP contribution in [0.2, 0.25) is 0 Å². The number of carbonyl (C=O) groups excluding carboxylic acids is 2. The minimum Gasteiger partial charge on any atom is -0.495 e. The van der Waals surface area contributed by atoms with Gasteiger partial charge in [-0.1, -0.05) is 12.1 Å². The maximum atomic E-state index is 12.3. The Morgan fingerprint density at radius 3 is 2.78 bits per heavy atom. The van der Waals surface area contributed by atoms with Crippen molar-refractivity contribution in [2.24, 2.45) is 0 Å². The molecule has 0 saturated heterocycles. The Kier molecular flexibility index (Phi) is 6.20. The second kappa shape index (κ2) is 8.79. The van der Waals surface area contributed by atoms with Crippen LogP contribution in [0.25, 0.3) is 10.6 Å². The zero-order valence-electron chi connectivity index (χ0n) is 14.8. The third-order valence-corrected chi connectivity index (χ3v) is 5.31. The van der Waals surface area contributed by atoms with E-state index in [1.807, 2.05) is 22.2 Å². The molecular weight excluding hydrogens is 384 g/mol. The Bertz CT molecular complexity index is 921. The van der Waals surface area contributed by atoms with Gasteiger partial charge < -0.3 is 14.8 Å². The SMILES string of the molecule is COc1ccccc1NC(=O)[C@H](C)OC(=O)Cc1csc(-c2ccsc2)n1. The number of hydrogen-bond acceptors (Lipinski definition) is 7. The average Bonchev–Trinajstić information content (AvgIpc) is 3.33. The van der Waals surface area contributed by atoms with E-state index in [1.165, 1.54) is 25.4 Å². The summed E-state index contributed by atoms with van der Waals surface area (Å²) in [5.74, 6) is -0.391. The zero-order chi connectivity index (χ0) is 19.2. The molecule has 27 heavy (non-hydrogen) atoms. The van der Waals surface area contributed by atoms with Gasteiger partial charge in [0.05, 0.1) is 24.9 Å². The number of nitrogens with one attached hydrogen (secondary N) is 1. The van der Waals surface area contributed by atoms with Crippen LogP contribution in [0.5, 0.6) is 5.75 Å². The van der Waals surface area contributed by atoms with Crippen molar-refractivity contribution < 1.29 is 19.1 Å². The normalized spacial score (nSPS) is 11.6. The number of amides is 1. The lowest BCUT2D eigenvalue weighted by molar-refractivity contribution is -0.152. The van der Waals surface area contributed by atoms with Crippen LogP contribution in [0.15, 0.2) is 46.5 Å². The molecule has 0 radical (unpaired) electrons. The smallest absolute Gasteiger partial charge is 0.312 e. The molecule has 3 aromatic rings. The molecule has 0 saturated carbocycles. The Morgan fingerprint density at radius 1 is 1.22 bits per heavy atom. The highest BCUT2D eigenvalue weighted by Crippen LogP contribution is 2.26. The van der Waals surface area contributed by atoms with E-state index in [-0.39, 0.29) is 6.42 Å². The molecule has 2 aromatic heterocycles. The number of carbonyl (C=O) groups is 2. The topological polar surface area (TPSA) is 77.5 Å². The first kappa shape index (κ1) is 19.1. The number of thiazole rings is 1. The van der Waals surface area contributed by atoms with Crippen molar-refractivity contribution in [2.45, 2.75) is 19.4 Å². The number of thiophene rings is 1. The molecule has 0 spiro atoms. The molecule has 6 nitrogen and oxygen atoms in total. The second-order valence-electron chi connectivity index (χ2n) is 5.65. The minimum atomic E-state index is -0.933. The summed E-state index contributed by atoms with van der Waals surface area (Å²) in [6, 6.07) is 9.01. The summed E-state index contributed by atoms with van der Waals surface area (Å²) in [4.78, 5) is 28.9. The van der Waals surface area contributed by atoms with E-state index >= 15 is 0 Å². The summed E-state index contributed by atoms with van der Waals surface area (Å²) >= 11 is 3.07. The van der Waals surface area contributed by atoms with Crippen molar-refractivity contribution in [2.75, 3.05) is 12.4 Å². The van der Waals surface area contributed by atoms with Crippen LogP contribution < -0.4 is 10.1 Å². The van der Waals surface area contributed by atoms with Crippen molar-refractivity contribution in [1.82, 2.24) is 4.98 Å². The highest BCUT2D eigenvalue weighted by Gasteiger charge is 2.20. The van der Waals surface area contributed by atoms with Crippen molar-refractivity contribution in [3.8, 4) is 16.3 Å². The van der Waals surface area contributed by atoms with Gasteiger partial charge in [-0.15, -0.1) is 11.3 Å². The van der Waals surface area contributed by atoms with E-state index in [4.69, 9.17) is 9.47 Å². The Morgan fingerprint density at radius 2 is 2.04 bits per heavy atom. The van der Waals surface area contributed by atoms with Gasteiger partial charge in [-0.05, 0) is 30.5 Å². The number of anilines is 1. The molecule has 1 N–H and O–H groups in total. The fourth-order valence-corrected chi connectivity index (χ4v) is 3.86.